The largest absolute Gasteiger partial charge is 0.442 e. The monoisotopic (exact) mass is 236 g/mol. The molecule has 1 heterocycles. The van der Waals surface area contributed by atoms with Gasteiger partial charge < -0.3 is 4.74 Å². The minimum absolute atomic E-state index is 0.0693. The molecule has 0 spiro atoms. The summed E-state index contributed by atoms with van der Waals surface area (Å²) >= 11 is 0. The number of hydrogen-bond donors (Lipinski definition) is 0. The zero-order valence-electron chi connectivity index (χ0n) is 10.3. The first kappa shape index (κ1) is 11.8. The molecular weight excluding hydrogens is 220 g/mol. The van der Waals surface area contributed by atoms with Gasteiger partial charge in [-0.15, -0.1) is 0 Å². The van der Waals surface area contributed by atoms with Crippen LogP contribution in [-0.4, -0.2) is 27.3 Å². The Morgan fingerprint density at radius 2 is 2.06 bits per heavy atom. The zero-order valence-corrected chi connectivity index (χ0v) is 10.3. The van der Waals surface area contributed by atoms with E-state index in [4.69, 9.17) is 4.74 Å². The van der Waals surface area contributed by atoms with Crippen molar-refractivity contribution in [2.75, 3.05) is 0 Å². The fraction of sp³-hybridized carbons (Fsp3) is 0.583. The van der Waals surface area contributed by atoms with E-state index >= 15 is 0 Å². The number of nitrogens with zero attached hydrogens (tertiary/aromatic N) is 2. The van der Waals surface area contributed by atoms with E-state index in [1.807, 2.05) is 0 Å². The molecule has 2 rings (SSSR count). The summed E-state index contributed by atoms with van der Waals surface area (Å²) < 4.78 is 6.21. The fourth-order valence-electron chi connectivity index (χ4n) is 1.44. The highest BCUT2D eigenvalue weighted by molar-refractivity contribution is 5.99. The predicted molar refractivity (Wildman–Crippen MR) is 60.9 cm³/mol. The molecule has 0 bridgehead atoms. The normalized spacial score (nSPS) is 15.7. The van der Waals surface area contributed by atoms with Gasteiger partial charge in [0.1, 0.15) is 5.60 Å². The number of Topliss-reactive ketones (excluding diaryl/α,β-unsaturated/α-hetero) is 1. The molecule has 5 heteroatoms. The van der Waals surface area contributed by atoms with Crippen LogP contribution in [0.2, 0.25) is 0 Å². The van der Waals surface area contributed by atoms with Crippen molar-refractivity contribution in [2.24, 2.45) is 5.92 Å². The van der Waals surface area contributed by atoms with Crippen molar-refractivity contribution in [3.63, 3.8) is 0 Å². The topological polar surface area (TPSA) is 61.2 Å². The summed E-state index contributed by atoms with van der Waals surface area (Å²) in [5.41, 5.74) is -0.0812. The molecule has 0 radical (unpaired) electrons. The van der Waals surface area contributed by atoms with Gasteiger partial charge in [0.2, 0.25) is 0 Å². The minimum Gasteiger partial charge on any atom is -0.442 e. The lowest BCUT2D eigenvalue weighted by atomic mass is 10.1. The molecule has 1 aliphatic rings. The Labute approximate surface area is 99.8 Å². The molecular formula is C12H16N2O3. The molecule has 1 saturated carbocycles. The number of aromatic nitrogens is 2. The van der Waals surface area contributed by atoms with Gasteiger partial charge in [0.15, 0.2) is 5.78 Å². The number of ketones is 1. The van der Waals surface area contributed by atoms with E-state index in [0.717, 1.165) is 17.5 Å². The molecule has 1 fully saturated rings. The third-order valence-corrected chi connectivity index (χ3v) is 2.40. The number of carbonyl (C=O) groups is 2. The van der Waals surface area contributed by atoms with Gasteiger partial charge in [-0.3, -0.25) is 4.79 Å². The van der Waals surface area contributed by atoms with E-state index in [1.54, 1.807) is 20.8 Å². The Morgan fingerprint density at radius 3 is 2.59 bits per heavy atom. The molecule has 0 atom stereocenters. The van der Waals surface area contributed by atoms with Gasteiger partial charge >= 0.3 is 6.09 Å². The Balaban J connectivity index is 2.07. The summed E-state index contributed by atoms with van der Waals surface area (Å²) in [7, 11) is 0. The molecule has 0 unspecified atom stereocenters. The van der Waals surface area contributed by atoms with Crippen LogP contribution < -0.4 is 0 Å². The van der Waals surface area contributed by atoms with Gasteiger partial charge in [-0.05, 0) is 33.6 Å². The van der Waals surface area contributed by atoms with Crippen LogP contribution in [0, 0.1) is 5.92 Å². The van der Waals surface area contributed by atoms with Gasteiger partial charge in [-0.1, -0.05) is 0 Å². The van der Waals surface area contributed by atoms with Gasteiger partial charge in [-0.2, -0.15) is 9.78 Å². The molecule has 0 aliphatic heterocycles. The van der Waals surface area contributed by atoms with Gasteiger partial charge in [0, 0.05) is 12.1 Å². The summed E-state index contributed by atoms with van der Waals surface area (Å²) in [5, 5.41) is 3.85. The number of rotatable bonds is 2. The van der Waals surface area contributed by atoms with Crippen molar-refractivity contribution in [3.05, 3.63) is 18.0 Å². The van der Waals surface area contributed by atoms with Gasteiger partial charge in [0.05, 0.1) is 11.8 Å². The standard InChI is InChI=1S/C12H16N2O3/c1-12(2,3)17-11(16)14-7-9(6-13-14)10(15)8-4-5-8/h6-8H,4-5H2,1-3H3. The maximum absolute atomic E-state index is 11.7. The van der Waals surface area contributed by atoms with Crippen LogP contribution in [0.1, 0.15) is 44.0 Å². The summed E-state index contributed by atoms with van der Waals surface area (Å²) in [6, 6.07) is 0. The van der Waals surface area contributed by atoms with Crippen molar-refractivity contribution in [2.45, 2.75) is 39.2 Å². The molecule has 0 aromatic carbocycles. The lowest BCUT2D eigenvalue weighted by Gasteiger charge is -2.18. The zero-order chi connectivity index (χ0) is 12.6. The molecule has 0 saturated heterocycles. The highest BCUT2D eigenvalue weighted by Gasteiger charge is 2.31. The molecule has 5 nitrogen and oxygen atoms in total. The first-order valence-corrected chi connectivity index (χ1v) is 5.69. The molecule has 1 aromatic heterocycles. The highest BCUT2D eigenvalue weighted by atomic mass is 16.6. The fourth-order valence-corrected chi connectivity index (χ4v) is 1.44. The molecule has 92 valence electrons. The number of hydrogen-bond acceptors (Lipinski definition) is 4. The van der Waals surface area contributed by atoms with Crippen LogP contribution in [0.5, 0.6) is 0 Å². The van der Waals surface area contributed by atoms with Crippen molar-refractivity contribution in [3.8, 4) is 0 Å². The summed E-state index contributed by atoms with van der Waals surface area (Å²) in [4.78, 5) is 23.4. The van der Waals surface area contributed by atoms with Crippen LogP contribution in [0.15, 0.2) is 12.4 Å². The van der Waals surface area contributed by atoms with Gasteiger partial charge in [-0.25, -0.2) is 4.79 Å². The van der Waals surface area contributed by atoms with Crippen molar-refractivity contribution >= 4 is 11.9 Å². The lowest BCUT2D eigenvalue weighted by Crippen LogP contribution is -2.27. The smallest absolute Gasteiger partial charge is 0.435 e. The SMILES string of the molecule is CC(C)(C)OC(=O)n1cc(C(=O)C2CC2)cn1. The molecule has 1 aromatic rings. The lowest BCUT2D eigenvalue weighted by molar-refractivity contribution is 0.0514. The second-order valence-electron chi connectivity index (χ2n) is 5.29. The maximum atomic E-state index is 11.7. The van der Waals surface area contributed by atoms with E-state index in [0.29, 0.717) is 5.56 Å². The van der Waals surface area contributed by atoms with E-state index < -0.39 is 11.7 Å². The third-order valence-electron chi connectivity index (χ3n) is 2.40. The molecule has 0 N–H and O–H groups in total. The molecule has 17 heavy (non-hydrogen) atoms. The van der Waals surface area contributed by atoms with Crippen LogP contribution in [0.25, 0.3) is 0 Å². The first-order valence-electron chi connectivity index (χ1n) is 5.69. The highest BCUT2D eigenvalue weighted by Crippen LogP contribution is 2.32. The van der Waals surface area contributed by atoms with Crippen LogP contribution in [-0.2, 0) is 4.74 Å². The van der Waals surface area contributed by atoms with Crippen molar-refractivity contribution in [1.82, 2.24) is 9.78 Å². The average molecular weight is 236 g/mol. The van der Waals surface area contributed by atoms with Gasteiger partial charge in [0.25, 0.3) is 0 Å². The average Bonchev–Trinajstić information content (AvgIpc) is 2.91. The van der Waals surface area contributed by atoms with Crippen molar-refractivity contribution in [1.29, 1.82) is 0 Å². The van der Waals surface area contributed by atoms with Crippen LogP contribution >= 0.6 is 0 Å². The summed E-state index contributed by atoms with van der Waals surface area (Å²) in [6.07, 6.45) is 4.18. The minimum atomic E-state index is -0.566. The number of carbonyl (C=O) groups excluding carboxylic acids is 2. The third kappa shape index (κ3) is 2.93. The Morgan fingerprint density at radius 1 is 1.41 bits per heavy atom. The maximum Gasteiger partial charge on any atom is 0.435 e. The number of ether oxygens (including phenoxy) is 1. The Kier molecular flexibility index (Phi) is 2.77. The van der Waals surface area contributed by atoms with E-state index in [-0.39, 0.29) is 11.7 Å². The molecule has 0 amide bonds. The van der Waals surface area contributed by atoms with E-state index in [2.05, 4.69) is 5.10 Å². The summed E-state index contributed by atoms with van der Waals surface area (Å²) in [5.74, 6) is 0.200. The summed E-state index contributed by atoms with van der Waals surface area (Å²) in [6.45, 7) is 5.35. The quantitative estimate of drug-likeness (QED) is 0.739. The van der Waals surface area contributed by atoms with Crippen LogP contribution in [0.3, 0.4) is 0 Å². The van der Waals surface area contributed by atoms with Crippen molar-refractivity contribution < 1.29 is 14.3 Å². The Bertz CT molecular complexity index is 453. The second-order valence-corrected chi connectivity index (χ2v) is 5.29. The predicted octanol–water partition coefficient (Wildman–Crippen LogP) is 2.26. The second kappa shape index (κ2) is 3.98. The molecule has 1 aliphatic carbocycles. The van der Waals surface area contributed by atoms with Crippen LogP contribution in [0.4, 0.5) is 4.79 Å². The van der Waals surface area contributed by atoms with E-state index in [9.17, 15) is 9.59 Å². The Hall–Kier alpha value is -1.65. The first-order chi connectivity index (χ1) is 7.87. The van der Waals surface area contributed by atoms with E-state index in [1.165, 1.54) is 12.4 Å².